The molecule has 0 unspecified atom stereocenters. The number of carbonyl (C=O) groups excluding carboxylic acids is 2. The Labute approximate surface area is 213 Å². The first-order chi connectivity index (χ1) is 17.2. The van der Waals surface area contributed by atoms with E-state index in [-0.39, 0.29) is 11.8 Å². The van der Waals surface area contributed by atoms with Gasteiger partial charge in [-0.1, -0.05) is 17.9 Å². The van der Waals surface area contributed by atoms with Gasteiger partial charge in [-0.15, -0.1) is 0 Å². The Bertz CT molecular complexity index is 1120. The molecule has 2 aromatic heterocycles. The predicted octanol–water partition coefficient (Wildman–Crippen LogP) is 2.18. The van der Waals surface area contributed by atoms with Gasteiger partial charge in [0, 0.05) is 57.3 Å². The van der Waals surface area contributed by atoms with Crippen molar-refractivity contribution in [1.82, 2.24) is 30.1 Å². The number of aryl methyl sites for hydroxylation is 1. The Morgan fingerprint density at radius 1 is 1.22 bits per heavy atom. The Morgan fingerprint density at radius 2 is 2.00 bits per heavy atom. The second-order valence-corrected chi connectivity index (χ2v) is 8.50. The van der Waals surface area contributed by atoms with Crippen molar-refractivity contribution in [2.45, 2.75) is 32.7 Å². The molecule has 192 valence electrons. The summed E-state index contributed by atoms with van der Waals surface area (Å²) in [5.41, 5.74) is 2.44. The summed E-state index contributed by atoms with van der Waals surface area (Å²) >= 11 is 0. The van der Waals surface area contributed by atoms with Gasteiger partial charge in [-0.2, -0.15) is 4.98 Å². The highest BCUT2D eigenvalue weighted by Crippen LogP contribution is 2.17. The van der Waals surface area contributed by atoms with Gasteiger partial charge in [0.2, 0.25) is 17.8 Å². The number of aromatic nitrogens is 3. The molecule has 0 fully saturated rings. The standard InChI is InChI=1S/C26H36N8O2/c1-19-17-22(13-15-28-19)31-26-30-18-21(24(27-3)32-26)11-8-7-9-14-29-25(36)20(2)34(6)23(35)12-10-16-33(4)5/h10,12-13,15,17-18,20H,7,9,14,16H2,1-6H3,(H,29,36)(H2,27,28,30,31,32)/t20-/m0/s1. The molecule has 2 aromatic rings. The molecule has 1 atom stereocenters. The van der Waals surface area contributed by atoms with Gasteiger partial charge < -0.3 is 25.8 Å². The molecule has 2 amide bonds. The van der Waals surface area contributed by atoms with Crippen molar-refractivity contribution in [2.24, 2.45) is 0 Å². The molecule has 0 bridgehead atoms. The van der Waals surface area contributed by atoms with E-state index in [1.54, 1.807) is 39.5 Å². The summed E-state index contributed by atoms with van der Waals surface area (Å²) in [5, 5.41) is 9.07. The van der Waals surface area contributed by atoms with Gasteiger partial charge in [-0.25, -0.2) is 4.98 Å². The van der Waals surface area contributed by atoms with Crippen LogP contribution in [0.5, 0.6) is 0 Å². The van der Waals surface area contributed by atoms with Crippen molar-refractivity contribution in [3.8, 4) is 11.8 Å². The van der Waals surface area contributed by atoms with Crippen LogP contribution < -0.4 is 16.0 Å². The molecule has 10 heteroatoms. The third-order valence-electron chi connectivity index (χ3n) is 5.22. The van der Waals surface area contributed by atoms with E-state index < -0.39 is 6.04 Å². The van der Waals surface area contributed by atoms with Gasteiger partial charge in [0.05, 0.1) is 11.8 Å². The number of rotatable bonds is 11. The molecular weight excluding hydrogens is 456 g/mol. The van der Waals surface area contributed by atoms with E-state index in [1.165, 1.54) is 11.0 Å². The monoisotopic (exact) mass is 492 g/mol. The third-order valence-corrected chi connectivity index (χ3v) is 5.22. The molecular formula is C26H36N8O2. The van der Waals surface area contributed by atoms with Gasteiger partial charge >= 0.3 is 0 Å². The number of unbranched alkanes of at least 4 members (excludes halogenated alkanes) is 1. The first-order valence-corrected chi connectivity index (χ1v) is 11.8. The highest BCUT2D eigenvalue weighted by atomic mass is 16.2. The normalized spacial score (nSPS) is 11.5. The minimum Gasteiger partial charge on any atom is -0.372 e. The third kappa shape index (κ3) is 9.35. The number of carbonyl (C=O) groups is 2. The number of pyridine rings is 1. The zero-order chi connectivity index (χ0) is 26.5. The Morgan fingerprint density at radius 3 is 2.69 bits per heavy atom. The van der Waals surface area contributed by atoms with Crippen LogP contribution in [-0.4, -0.2) is 83.9 Å². The zero-order valence-corrected chi connectivity index (χ0v) is 21.9. The molecule has 0 saturated carbocycles. The van der Waals surface area contributed by atoms with Crippen LogP contribution >= 0.6 is 0 Å². The number of amides is 2. The number of nitrogens with one attached hydrogen (secondary N) is 3. The van der Waals surface area contributed by atoms with Crippen molar-refractivity contribution in [3.63, 3.8) is 0 Å². The average molecular weight is 493 g/mol. The van der Waals surface area contributed by atoms with Gasteiger partial charge in [-0.05, 0) is 46.5 Å². The van der Waals surface area contributed by atoms with E-state index in [0.29, 0.717) is 43.3 Å². The van der Waals surface area contributed by atoms with Gasteiger partial charge in [-0.3, -0.25) is 14.6 Å². The van der Waals surface area contributed by atoms with Crippen LogP contribution in [-0.2, 0) is 9.59 Å². The molecule has 0 aromatic carbocycles. The van der Waals surface area contributed by atoms with Crippen LogP contribution in [0.3, 0.4) is 0 Å². The minimum atomic E-state index is -0.564. The van der Waals surface area contributed by atoms with Gasteiger partial charge in [0.1, 0.15) is 11.9 Å². The van der Waals surface area contributed by atoms with Crippen molar-refractivity contribution in [2.75, 3.05) is 51.9 Å². The molecule has 0 aliphatic rings. The molecule has 3 N–H and O–H groups in total. The molecule has 2 heterocycles. The average Bonchev–Trinajstić information content (AvgIpc) is 2.85. The number of hydrogen-bond donors (Lipinski definition) is 3. The summed E-state index contributed by atoms with van der Waals surface area (Å²) in [4.78, 5) is 41.0. The van der Waals surface area contributed by atoms with Crippen LogP contribution in [0.1, 0.15) is 31.0 Å². The quantitative estimate of drug-likeness (QED) is 0.248. The molecule has 0 radical (unpaired) electrons. The zero-order valence-electron chi connectivity index (χ0n) is 21.9. The van der Waals surface area contributed by atoms with Crippen LogP contribution in [0.25, 0.3) is 0 Å². The fourth-order valence-corrected chi connectivity index (χ4v) is 3.02. The number of hydrogen-bond acceptors (Lipinski definition) is 8. The van der Waals surface area contributed by atoms with Crippen molar-refractivity contribution in [1.29, 1.82) is 0 Å². The summed E-state index contributed by atoms with van der Waals surface area (Å²) in [5.74, 6) is 6.87. The van der Waals surface area contributed by atoms with Crippen LogP contribution in [0.15, 0.2) is 36.7 Å². The van der Waals surface area contributed by atoms with E-state index in [0.717, 1.165) is 11.4 Å². The minimum absolute atomic E-state index is 0.196. The molecule has 0 saturated heterocycles. The van der Waals surface area contributed by atoms with Crippen LogP contribution in [0.2, 0.25) is 0 Å². The lowest BCUT2D eigenvalue weighted by Crippen LogP contribution is -2.45. The molecule has 10 nitrogen and oxygen atoms in total. The maximum Gasteiger partial charge on any atom is 0.246 e. The van der Waals surface area contributed by atoms with E-state index in [2.05, 4.69) is 42.7 Å². The maximum atomic E-state index is 12.4. The molecule has 2 rings (SSSR count). The van der Waals surface area contributed by atoms with Crippen LogP contribution in [0.4, 0.5) is 17.5 Å². The largest absolute Gasteiger partial charge is 0.372 e. The van der Waals surface area contributed by atoms with Gasteiger partial charge in [0.25, 0.3) is 0 Å². The fourth-order valence-electron chi connectivity index (χ4n) is 3.02. The summed E-state index contributed by atoms with van der Waals surface area (Å²) < 4.78 is 0. The van der Waals surface area contributed by atoms with Crippen molar-refractivity contribution < 1.29 is 9.59 Å². The Balaban J connectivity index is 1.81. The van der Waals surface area contributed by atoms with E-state index in [4.69, 9.17) is 0 Å². The molecule has 36 heavy (non-hydrogen) atoms. The maximum absolute atomic E-state index is 12.4. The molecule has 0 aliphatic carbocycles. The van der Waals surface area contributed by atoms with E-state index >= 15 is 0 Å². The lowest BCUT2D eigenvalue weighted by Gasteiger charge is -2.23. The second kappa shape index (κ2) is 14.4. The second-order valence-electron chi connectivity index (χ2n) is 8.50. The SMILES string of the molecule is CNc1nc(Nc2ccnc(C)c2)ncc1C#CCCCNC(=O)[C@H](C)N(C)C(=O)C=CCN(C)C. The molecule has 0 spiro atoms. The number of likely N-dealkylation sites (N-methyl/N-ethyl adjacent to an activating group) is 2. The van der Waals surface area contributed by atoms with Crippen LogP contribution in [0, 0.1) is 18.8 Å². The smallest absolute Gasteiger partial charge is 0.246 e. The summed E-state index contributed by atoms with van der Waals surface area (Å²) in [6.07, 6.45) is 7.94. The van der Waals surface area contributed by atoms with E-state index in [9.17, 15) is 9.59 Å². The number of anilines is 3. The van der Waals surface area contributed by atoms with E-state index in [1.807, 2.05) is 38.1 Å². The predicted molar refractivity (Wildman–Crippen MR) is 143 cm³/mol. The van der Waals surface area contributed by atoms with Crippen molar-refractivity contribution >= 4 is 29.3 Å². The fraction of sp³-hybridized carbons (Fsp3) is 0.423. The van der Waals surface area contributed by atoms with Gasteiger partial charge in [0.15, 0.2) is 0 Å². The summed E-state index contributed by atoms with van der Waals surface area (Å²) in [6, 6.07) is 3.20. The topological polar surface area (TPSA) is 115 Å². The lowest BCUT2D eigenvalue weighted by molar-refractivity contribution is -0.135. The summed E-state index contributed by atoms with van der Waals surface area (Å²) in [6.45, 7) is 4.76. The highest BCUT2D eigenvalue weighted by Gasteiger charge is 2.20. The first kappa shape index (κ1) is 28.3. The lowest BCUT2D eigenvalue weighted by atomic mass is 10.2. The Hall–Kier alpha value is -3.97. The first-order valence-electron chi connectivity index (χ1n) is 11.8. The summed E-state index contributed by atoms with van der Waals surface area (Å²) in [7, 11) is 7.25. The molecule has 0 aliphatic heterocycles. The highest BCUT2D eigenvalue weighted by molar-refractivity contribution is 5.92. The Kier molecular flexibility index (Phi) is 11.3. The van der Waals surface area contributed by atoms with Crippen molar-refractivity contribution in [3.05, 3.63) is 47.9 Å². The number of nitrogens with zero attached hydrogens (tertiary/aromatic N) is 5.